The van der Waals surface area contributed by atoms with Crippen LogP contribution in [0.3, 0.4) is 0 Å². The van der Waals surface area contributed by atoms with Gasteiger partial charge in [-0.05, 0) is 80.0 Å². The van der Waals surface area contributed by atoms with Crippen molar-refractivity contribution in [3.05, 3.63) is 76.0 Å². The quantitative estimate of drug-likeness (QED) is 0.469. The summed E-state index contributed by atoms with van der Waals surface area (Å²) in [6.45, 7) is 8.69. The number of hydrogen-bond donors (Lipinski definition) is 1. The molecule has 37 heavy (non-hydrogen) atoms. The highest BCUT2D eigenvalue weighted by Crippen LogP contribution is 2.45. The number of piperidine rings is 1. The van der Waals surface area contributed by atoms with E-state index in [0.29, 0.717) is 12.0 Å². The molecule has 1 aliphatic carbocycles. The monoisotopic (exact) mass is 496 g/mol. The van der Waals surface area contributed by atoms with Gasteiger partial charge < -0.3 is 10.0 Å². The molecule has 3 atom stereocenters. The largest absolute Gasteiger partial charge is 0.396 e. The summed E-state index contributed by atoms with van der Waals surface area (Å²) < 4.78 is 0. The number of aryl methyl sites for hydroxylation is 4. The molecule has 2 unspecified atom stereocenters. The first-order valence-corrected chi connectivity index (χ1v) is 14.3. The summed E-state index contributed by atoms with van der Waals surface area (Å²) in [5.74, 6) is 2.35. The van der Waals surface area contributed by atoms with Gasteiger partial charge >= 0.3 is 0 Å². The molecule has 5 heteroatoms. The van der Waals surface area contributed by atoms with Crippen LogP contribution < -0.4 is 4.90 Å². The molecule has 3 aliphatic rings. The van der Waals surface area contributed by atoms with Crippen LogP contribution in [-0.2, 0) is 25.8 Å². The number of benzene rings is 2. The number of fused-ring (bicyclic) bond motifs is 4. The summed E-state index contributed by atoms with van der Waals surface area (Å²) in [5, 5.41) is 10.1. The second-order valence-corrected chi connectivity index (χ2v) is 11.1. The molecule has 2 aliphatic heterocycles. The summed E-state index contributed by atoms with van der Waals surface area (Å²) in [6, 6.07) is 16.0. The van der Waals surface area contributed by atoms with Gasteiger partial charge in [0, 0.05) is 42.6 Å². The maximum Gasteiger partial charge on any atom is 0.162 e. The highest BCUT2D eigenvalue weighted by atomic mass is 16.3. The fraction of sp³-hybridized carbons (Fsp3) is 0.500. The number of nitrogens with zero attached hydrogens (tertiary/aromatic N) is 4. The van der Waals surface area contributed by atoms with Crippen molar-refractivity contribution in [1.29, 1.82) is 0 Å². The van der Waals surface area contributed by atoms with Crippen LogP contribution in [0.15, 0.2) is 42.5 Å². The van der Waals surface area contributed by atoms with Gasteiger partial charge in [0.2, 0.25) is 0 Å². The second kappa shape index (κ2) is 10.2. The average Bonchev–Trinajstić information content (AvgIpc) is 2.95. The third-order valence-electron chi connectivity index (χ3n) is 9.09. The van der Waals surface area contributed by atoms with Crippen molar-refractivity contribution < 1.29 is 5.11 Å². The van der Waals surface area contributed by atoms with Gasteiger partial charge in [-0.15, -0.1) is 0 Å². The van der Waals surface area contributed by atoms with E-state index in [0.717, 1.165) is 56.1 Å². The van der Waals surface area contributed by atoms with Crippen molar-refractivity contribution in [2.45, 2.75) is 84.5 Å². The predicted octanol–water partition coefficient (Wildman–Crippen LogP) is 6.00. The Morgan fingerprint density at radius 1 is 0.973 bits per heavy atom. The van der Waals surface area contributed by atoms with Crippen LogP contribution in [0, 0.1) is 12.8 Å². The fourth-order valence-electron chi connectivity index (χ4n) is 7.07. The van der Waals surface area contributed by atoms with E-state index in [1.54, 1.807) is 0 Å². The molecule has 194 valence electrons. The summed E-state index contributed by atoms with van der Waals surface area (Å²) in [6.07, 6.45) is 7.77. The molecule has 1 aromatic heterocycles. The van der Waals surface area contributed by atoms with Crippen LogP contribution in [0.5, 0.6) is 0 Å². The molecular formula is C32H40N4O. The van der Waals surface area contributed by atoms with E-state index in [1.807, 2.05) is 0 Å². The van der Waals surface area contributed by atoms with E-state index >= 15 is 0 Å². The maximum atomic E-state index is 10.1. The first kappa shape index (κ1) is 24.6. The summed E-state index contributed by atoms with van der Waals surface area (Å²) in [5.41, 5.74) is 9.24. The maximum absolute atomic E-state index is 10.1. The van der Waals surface area contributed by atoms with Gasteiger partial charge in [0.05, 0.1) is 6.17 Å². The molecular weight excluding hydrogens is 456 g/mol. The minimum Gasteiger partial charge on any atom is -0.396 e. The molecule has 1 N–H and O–H groups in total. The first-order chi connectivity index (χ1) is 18.1. The number of hydrogen-bond acceptors (Lipinski definition) is 5. The Labute approximate surface area is 221 Å². The zero-order chi connectivity index (χ0) is 25.5. The van der Waals surface area contributed by atoms with Gasteiger partial charge in [0.25, 0.3) is 0 Å². The van der Waals surface area contributed by atoms with Crippen molar-refractivity contribution in [3.63, 3.8) is 0 Å². The molecule has 0 bridgehead atoms. The lowest BCUT2D eigenvalue weighted by Gasteiger charge is -2.52. The third-order valence-corrected chi connectivity index (χ3v) is 9.09. The number of anilines is 1. The van der Waals surface area contributed by atoms with Crippen molar-refractivity contribution >= 4 is 5.82 Å². The van der Waals surface area contributed by atoms with Crippen LogP contribution >= 0.6 is 0 Å². The molecule has 6 rings (SSSR count). The molecule has 3 heterocycles. The van der Waals surface area contributed by atoms with Crippen LogP contribution in [0.2, 0.25) is 0 Å². The van der Waals surface area contributed by atoms with Gasteiger partial charge in [-0.3, -0.25) is 4.90 Å². The molecule has 1 fully saturated rings. The Balaban J connectivity index is 1.47. The smallest absolute Gasteiger partial charge is 0.162 e. The fourth-order valence-corrected chi connectivity index (χ4v) is 7.07. The van der Waals surface area contributed by atoms with Crippen molar-refractivity contribution in [1.82, 2.24) is 14.9 Å². The van der Waals surface area contributed by atoms with Crippen molar-refractivity contribution in [2.24, 2.45) is 5.92 Å². The van der Waals surface area contributed by atoms with E-state index in [-0.39, 0.29) is 12.8 Å². The second-order valence-electron chi connectivity index (χ2n) is 11.1. The lowest BCUT2D eigenvalue weighted by molar-refractivity contribution is 0.0526. The Morgan fingerprint density at radius 2 is 1.76 bits per heavy atom. The Kier molecular flexibility index (Phi) is 6.76. The molecule has 5 nitrogen and oxygen atoms in total. The number of aromatic nitrogens is 2. The van der Waals surface area contributed by atoms with Crippen LogP contribution in [0.4, 0.5) is 5.82 Å². The van der Waals surface area contributed by atoms with E-state index < -0.39 is 0 Å². The molecule has 3 aromatic rings. The van der Waals surface area contributed by atoms with Gasteiger partial charge in [0.15, 0.2) is 5.82 Å². The third kappa shape index (κ3) is 4.26. The summed E-state index contributed by atoms with van der Waals surface area (Å²) >= 11 is 0. The minimum absolute atomic E-state index is 0.253. The zero-order valence-electron chi connectivity index (χ0n) is 22.6. The Morgan fingerprint density at radius 3 is 2.51 bits per heavy atom. The van der Waals surface area contributed by atoms with Crippen LogP contribution in [0.1, 0.15) is 79.1 Å². The Hall–Kier alpha value is -2.76. The average molecular weight is 497 g/mol. The Bertz CT molecular complexity index is 1270. The molecule has 2 aromatic carbocycles. The topological polar surface area (TPSA) is 52.5 Å². The highest BCUT2D eigenvalue weighted by molar-refractivity contribution is 5.68. The minimum atomic E-state index is 0.253. The predicted molar refractivity (Wildman–Crippen MR) is 150 cm³/mol. The molecule has 0 saturated carbocycles. The van der Waals surface area contributed by atoms with Gasteiger partial charge in [-0.25, -0.2) is 9.97 Å². The van der Waals surface area contributed by atoms with E-state index in [1.165, 1.54) is 52.6 Å². The van der Waals surface area contributed by atoms with Gasteiger partial charge in [-0.2, -0.15) is 0 Å². The highest BCUT2D eigenvalue weighted by Gasteiger charge is 2.43. The van der Waals surface area contributed by atoms with Crippen molar-refractivity contribution in [3.8, 4) is 11.4 Å². The van der Waals surface area contributed by atoms with Crippen molar-refractivity contribution in [2.75, 3.05) is 18.1 Å². The van der Waals surface area contributed by atoms with Gasteiger partial charge in [-0.1, -0.05) is 56.3 Å². The first-order valence-electron chi connectivity index (χ1n) is 14.3. The standard InChI is InChI=1S/C32H40N4O/c1-4-23-11-8-12-24(5-2)30(23)31-33-21(3)27-19-36(28-15-9-13-25-10-6-7-14-26(25)28)29-18-22(20-37)16-17-35(29)32(27)34-31/h6-8,10-12,14,22,28-29,37H,4-5,9,13,15-20H2,1-3H3/t22?,28-,29?/m0/s1. The molecule has 0 amide bonds. The molecule has 0 spiro atoms. The lowest BCUT2D eigenvalue weighted by atomic mass is 9.84. The van der Waals surface area contributed by atoms with E-state index in [4.69, 9.17) is 9.97 Å². The normalized spacial score (nSPS) is 23.4. The zero-order valence-corrected chi connectivity index (χ0v) is 22.6. The summed E-state index contributed by atoms with van der Waals surface area (Å²) in [7, 11) is 0. The lowest BCUT2D eigenvalue weighted by Crippen LogP contribution is -2.57. The number of aliphatic hydroxyl groups excluding tert-OH is 1. The molecule has 1 saturated heterocycles. The molecule has 0 radical (unpaired) electrons. The van der Waals surface area contributed by atoms with E-state index in [9.17, 15) is 5.11 Å². The summed E-state index contributed by atoms with van der Waals surface area (Å²) in [4.78, 5) is 15.8. The SMILES string of the molecule is CCc1cccc(CC)c1-c1nc(C)c2c(n1)N1CCC(CO)CC1N([C@H]1CCCc3ccccc31)C2. The van der Waals surface area contributed by atoms with E-state index in [2.05, 4.69) is 73.0 Å². The number of rotatable bonds is 5. The van der Waals surface area contributed by atoms with Gasteiger partial charge in [0.1, 0.15) is 5.82 Å². The number of aliphatic hydroxyl groups is 1. The van der Waals surface area contributed by atoms with Crippen LogP contribution in [-0.4, -0.2) is 39.3 Å². The van der Waals surface area contributed by atoms with Crippen LogP contribution in [0.25, 0.3) is 11.4 Å².